The van der Waals surface area contributed by atoms with E-state index < -0.39 is 0 Å². The molecule has 0 aromatic carbocycles. The van der Waals surface area contributed by atoms with E-state index in [4.69, 9.17) is 0 Å². The summed E-state index contributed by atoms with van der Waals surface area (Å²) in [5, 5.41) is 7.65. The van der Waals surface area contributed by atoms with Gasteiger partial charge in [-0.2, -0.15) is 5.10 Å². The lowest BCUT2D eigenvalue weighted by Crippen LogP contribution is -2.41. The van der Waals surface area contributed by atoms with Crippen molar-refractivity contribution in [2.24, 2.45) is 0 Å². The monoisotopic (exact) mass is 338 g/mol. The molecule has 3 aromatic rings. The summed E-state index contributed by atoms with van der Waals surface area (Å²) in [6.45, 7) is 8.51. The summed E-state index contributed by atoms with van der Waals surface area (Å²) in [4.78, 5) is 22.0. The zero-order valence-electron chi connectivity index (χ0n) is 15.0. The van der Waals surface area contributed by atoms with Gasteiger partial charge in [0.1, 0.15) is 11.4 Å². The van der Waals surface area contributed by atoms with Crippen LogP contribution in [0.3, 0.4) is 0 Å². The molecule has 0 bridgehead atoms. The number of carbonyl (C=O) groups excluding carboxylic acids is 1. The van der Waals surface area contributed by atoms with Crippen LogP contribution in [-0.2, 0) is 13.0 Å². The van der Waals surface area contributed by atoms with E-state index in [-0.39, 0.29) is 11.9 Å². The lowest BCUT2D eigenvalue weighted by atomic mass is 10.1. The quantitative estimate of drug-likeness (QED) is 0.774. The van der Waals surface area contributed by atoms with Crippen molar-refractivity contribution >= 4 is 11.6 Å². The van der Waals surface area contributed by atoms with E-state index in [0.717, 1.165) is 42.3 Å². The van der Waals surface area contributed by atoms with E-state index in [2.05, 4.69) is 25.0 Å². The zero-order chi connectivity index (χ0) is 17.7. The maximum atomic E-state index is 12.9. The molecular weight excluding hydrogens is 316 g/mol. The highest BCUT2D eigenvalue weighted by Gasteiger charge is 2.25. The smallest absolute Gasteiger partial charge is 0.257 e. The van der Waals surface area contributed by atoms with Crippen LogP contribution in [0, 0.1) is 27.7 Å². The molecule has 25 heavy (non-hydrogen) atoms. The number of nitrogens with zero attached hydrogens (tertiary/aromatic N) is 5. The molecule has 0 saturated heterocycles. The van der Waals surface area contributed by atoms with Crippen LogP contribution in [0.4, 0.5) is 0 Å². The number of rotatable bonds is 2. The van der Waals surface area contributed by atoms with Gasteiger partial charge in [0.15, 0.2) is 5.65 Å². The molecule has 1 aliphatic rings. The van der Waals surface area contributed by atoms with Crippen LogP contribution in [0.1, 0.15) is 45.4 Å². The lowest BCUT2D eigenvalue weighted by Gasteiger charge is -2.24. The molecule has 1 aliphatic heterocycles. The number of nitrogens with one attached hydrogen (secondary N) is 1. The van der Waals surface area contributed by atoms with Crippen LogP contribution in [-0.4, -0.2) is 36.1 Å². The summed E-state index contributed by atoms with van der Waals surface area (Å²) >= 11 is 0. The topological polar surface area (TPSA) is 77.1 Å². The second-order valence-electron chi connectivity index (χ2n) is 6.89. The number of aryl methyl sites for hydroxylation is 5. The van der Waals surface area contributed by atoms with Gasteiger partial charge in [-0.15, -0.1) is 0 Å². The van der Waals surface area contributed by atoms with Crippen molar-refractivity contribution in [2.45, 2.75) is 53.1 Å². The Kier molecular flexibility index (Phi) is 3.59. The molecule has 0 fully saturated rings. The average Bonchev–Trinajstić information content (AvgIpc) is 3.05. The van der Waals surface area contributed by atoms with Gasteiger partial charge in [0, 0.05) is 36.6 Å². The molecule has 7 heteroatoms. The Labute approximate surface area is 146 Å². The molecule has 4 rings (SSSR count). The van der Waals surface area contributed by atoms with Gasteiger partial charge in [0.05, 0.1) is 11.4 Å². The average molecular weight is 338 g/mol. The first-order valence-electron chi connectivity index (χ1n) is 8.59. The van der Waals surface area contributed by atoms with E-state index >= 15 is 0 Å². The minimum atomic E-state index is -0.102. The molecule has 1 N–H and O–H groups in total. The van der Waals surface area contributed by atoms with Gasteiger partial charge in [-0.25, -0.2) is 14.5 Å². The molecule has 0 aliphatic carbocycles. The number of amides is 1. The number of aromatic nitrogens is 5. The Morgan fingerprint density at radius 3 is 2.80 bits per heavy atom. The second kappa shape index (κ2) is 5.68. The van der Waals surface area contributed by atoms with Crippen molar-refractivity contribution in [1.82, 2.24) is 29.5 Å². The van der Waals surface area contributed by atoms with Crippen molar-refractivity contribution in [3.05, 3.63) is 46.4 Å². The number of hydrogen-bond donors (Lipinski definition) is 1. The van der Waals surface area contributed by atoms with E-state index in [0.29, 0.717) is 16.9 Å². The fraction of sp³-hybridized carbons (Fsp3) is 0.444. The van der Waals surface area contributed by atoms with E-state index in [1.165, 1.54) is 0 Å². The summed E-state index contributed by atoms with van der Waals surface area (Å²) in [5.74, 6) is 0.998. The first kappa shape index (κ1) is 15.8. The molecule has 0 unspecified atom stereocenters. The number of hydrogen-bond acceptors (Lipinski definition) is 4. The van der Waals surface area contributed by atoms with Gasteiger partial charge in [0.25, 0.3) is 5.91 Å². The molecule has 7 nitrogen and oxygen atoms in total. The Hall–Kier alpha value is -2.70. The van der Waals surface area contributed by atoms with Gasteiger partial charge in [-0.05, 0) is 40.2 Å². The van der Waals surface area contributed by atoms with E-state index in [9.17, 15) is 4.79 Å². The maximum absolute atomic E-state index is 12.9. The molecule has 4 heterocycles. The van der Waals surface area contributed by atoms with Gasteiger partial charge in [-0.3, -0.25) is 4.79 Å². The fourth-order valence-electron chi connectivity index (χ4n) is 3.65. The summed E-state index contributed by atoms with van der Waals surface area (Å²) in [6, 6.07) is 2.05. The standard InChI is InChI=1S/C18H22N6O/c1-10-7-12(3)24-17(20-10)16(13(4)22-24)18(25)21-14-5-6-15-19-11(2)8-23(15)9-14/h7-8,14H,5-6,9H2,1-4H3,(H,21,25)/t14-/m0/s1. The third-order valence-electron chi connectivity index (χ3n) is 4.75. The van der Waals surface area contributed by atoms with Crippen molar-refractivity contribution in [1.29, 1.82) is 0 Å². The summed E-state index contributed by atoms with van der Waals surface area (Å²) in [6.07, 6.45) is 3.82. The molecule has 1 atom stereocenters. The third-order valence-corrected chi connectivity index (χ3v) is 4.75. The van der Waals surface area contributed by atoms with Crippen molar-refractivity contribution in [2.75, 3.05) is 0 Å². The maximum Gasteiger partial charge on any atom is 0.257 e. The van der Waals surface area contributed by atoms with Crippen LogP contribution in [0.5, 0.6) is 0 Å². The second-order valence-corrected chi connectivity index (χ2v) is 6.89. The first-order chi connectivity index (χ1) is 11.9. The minimum absolute atomic E-state index is 0.0915. The van der Waals surface area contributed by atoms with Gasteiger partial charge in [-0.1, -0.05) is 0 Å². The summed E-state index contributed by atoms with van der Waals surface area (Å²) < 4.78 is 3.88. The fourth-order valence-corrected chi connectivity index (χ4v) is 3.65. The molecular formula is C18H22N6O. The highest BCUT2D eigenvalue weighted by molar-refractivity contribution is 6.01. The van der Waals surface area contributed by atoms with Crippen LogP contribution >= 0.6 is 0 Å². The Morgan fingerprint density at radius 1 is 1.20 bits per heavy atom. The minimum Gasteiger partial charge on any atom is -0.347 e. The summed E-state index contributed by atoms with van der Waals surface area (Å²) in [7, 11) is 0. The Balaban J connectivity index is 1.62. The predicted octanol–water partition coefficient (Wildman–Crippen LogP) is 1.90. The van der Waals surface area contributed by atoms with E-state index in [1.54, 1.807) is 4.52 Å². The molecule has 0 saturated carbocycles. The highest BCUT2D eigenvalue weighted by atomic mass is 16.1. The molecule has 0 spiro atoms. The van der Waals surface area contributed by atoms with Crippen LogP contribution in [0.15, 0.2) is 12.3 Å². The SMILES string of the molecule is Cc1cn2c(n1)CC[C@H](NC(=O)c1c(C)nn3c(C)cc(C)nc13)C2. The van der Waals surface area contributed by atoms with Crippen LogP contribution in [0.25, 0.3) is 5.65 Å². The predicted molar refractivity (Wildman–Crippen MR) is 93.7 cm³/mol. The highest BCUT2D eigenvalue weighted by Crippen LogP contribution is 2.19. The van der Waals surface area contributed by atoms with Crippen LogP contribution in [0.2, 0.25) is 0 Å². The Morgan fingerprint density at radius 2 is 2.00 bits per heavy atom. The third kappa shape index (κ3) is 2.69. The summed E-state index contributed by atoms with van der Waals surface area (Å²) in [5.41, 5.74) is 4.78. The van der Waals surface area contributed by atoms with Crippen molar-refractivity contribution < 1.29 is 4.79 Å². The molecule has 3 aromatic heterocycles. The van der Waals surface area contributed by atoms with Gasteiger partial charge < -0.3 is 9.88 Å². The number of fused-ring (bicyclic) bond motifs is 2. The van der Waals surface area contributed by atoms with Crippen molar-refractivity contribution in [3.63, 3.8) is 0 Å². The van der Waals surface area contributed by atoms with Crippen molar-refractivity contribution in [3.8, 4) is 0 Å². The molecule has 1 amide bonds. The normalized spacial score (nSPS) is 16.9. The molecule has 130 valence electrons. The van der Waals surface area contributed by atoms with Gasteiger partial charge >= 0.3 is 0 Å². The van der Waals surface area contributed by atoms with E-state index in [1.807, 2.05) is 40.0 Å². The number of carbonyl (C=O) groups is 1. The number of imidazole rings is 1. The Bertz CT molecular complexity index is 983. The van der Waals surface area contributed by atoms with Crippen LogP contribution < -0.4 is 5.32 Å². The first-order valence-corrected chi connectivity index (χ1v) is 8.59. The molecule has 0 radical (unpaired) electrons. The lowest BCUT2D eigenvalue weighted by molar-refractivity contribution is 0.0928. The van der Waals surface area contributed by atoms with Gasteiger partial charge in [0.2, 0.25) is 0 Å². The largest absolute Gasteiger partial charge is 0.347 e. The zero-order valence-corrected chi connectivity index (χ0v) is 15.0.